The predicted molar refractivity (Wildman–Crippen MR) is 83.9 cm³/mol. The number of rotatable bonds is 7. The monoisotopic (exact) mass is 286 g/mol. The quantitative estimate of drug-likeness (QED) is 0.820. The van der Waals surface area contributed by atoms with Gasteiger partial charge in [0.1, 0.15) is 0 Å². The number of carbonyl (C=O) groups excluding carboxylic acids is 1. The molecular weight excluding hydrogens is 264 g/mol. The Morgan fingerprint density at radius 1 is 1.43 bits per heavy atom. The van der Waals surface area contributed by atoms with Gasteiger partial charge in [0.05, 0.1) is 12.5 Å². The van der Waals surface area contributed by atoms with E-state index in [1.807, 2.05) is 41.2 Å². The molecule has 3 N–H and O–H groups in total. The van der Waals surface area contributed by atoms with Crippen molar-refractivity contribution in [3.05, 3.63) is 48.3 Å². The largest absolute Gasteiger partial charge is 0.330 e. The van der Waals surface area contributed by atoms with Gasteiger partial charge < -0.3 is 11.1 Å². The summed E-state index contributed by atoms with van der Waals surface area (Å²) in [5, 5.41) is 7.13. The van der Waals surface area contributed by atoms with E-state index in [1.54, 1.807) is 6.20 Å². The first-order valence-corrected chi connectivity index (χ1v) is 7.30. The van der Waals surface area contributed by atoms with Crippen molar-refractivity contribution in [2.75, 3.05) is 11.9 Å². The molecule has 5 nitrogen and oxygen atoms in total. The molecule has 0 spiro atoms. The van der Waals surface area contributed by atoms with Crippen LogP contribution in [-0.4, -0.2) is 22.2 Å². The number of nitrogens with one attached hydrogen (secondary N) is 1. The Labute approximate surface area is 125 Å². The molecule has 0 saturated carbocycles. The van der Waals surface area contributed by atoms with Gasteiger partial charge in [0.25, 0.3) is 0 Å². The Bertz CT molecular complexity index is 565. The maximum absolute atomic E-state index is 12.2. The predicted octanol–water partition coefficient (Wildman–Crippen LogP) is 2.24. The minimum atomic E-state index is -0.121. The fourth-order valence-corrected chi connectivity index (χ4v) is 2.28. The highest BCUT2D eigenvalue weighted by atomic mass is 16.1. The van der Waals surface area contributed by atoms with E-state index in [9.17, 15) is 4.79 Å². The molecule has 0 radical (unpaired) electrons. The van der Waals surface area contributed by atoms with Crippen molar-refractivity contribution in [2.24, 2.45) is 11.7 Å². The second-order valence-electron chi connectivity index (χ2n) is 5.11. The Kier molecular flexibility index (Phi) is 5.51. The fraction of sp³-hybridized carbons (Fsp3) is 0.375. The summed E-state index contributed by atoms with van der Waals surface area (Å²) in [6.07, 6.45) is 5.43. The van der Waals surface area contributed by atoms with Crippen LogP contribution in [0.15, 0.2) is 42.7 Å². The highest BCUT2D eigenvalue weighted by Gasteiger charge is 2.15. The van der Waals surface area contributed by atoms with Gasteiger partial charge in [-0.1, -0.05) is 25.5 Å². The molecule has 0 aliphatic carbocycles. The van der Waals surface area contributed by atoms with Crippen LogP contribution in [0.5, 0.6) is 0 Å². The van der Waals surface area contributed by atoms with E-state index in [-0.39, 0.29) is 11.8 Å². The summed E-state index contributed by atoms with van der Waals surface area (Å²) < 4.78 is 1.85. The zero-order valence-corrected chi connectivity index (χ0v) is 12.3. The van der Waals surface area contributed by atoms with Crippen molar-refractivity contribution in [1.29, 1.82) is 0 Å². The first kappa shape index (κ1) is 15.3. The Morgan fingerprint density at radius 2 is 2.29 bits per heavy atom. The van der Waals surface area contributed by atoms with Crippen LogP contribution < -0.4 is 11.1 Å². The molecule has 1 unspecified atom stereocenters. The number of benzene rings is 1. The molecule has 0 fully saturated rings. The lowest BCUT2D eigenvalue weighted by atomic mass is 10.0. The van der Waals surface area contributed by atoms with Gasteiger partial charge in [-0.25, -0.2) is 0 Å². The Hall–Kier alpha value is -2.14. The van der Waals surface area contributed by atoms with Crippen molar-refractivity contribution in [3.63, 3.8) is 0 Å². The van der Waals surface area contributed by atoms with E-state index >= 15 is 0 Å². The minimum absolute atomic E-state index is 0.00408. The van der Waals surface area contributed by atoms with Crippen LogP contribution in [0.25, 0.3) is 0 Å². The molecule has 0 saturated heterocycles. The van der Waals surface area contributed by atoms with E-state index < -0.39 is 0 Å². The molecule has 1 amide bonds. The van der Waals surface area contributed by atoms with Crippen LogP contribution in [0.4, 0.5) is 5.69 Å². The fourth-order valence-electron chi connectivity index (χ4n) is 2.28. The van der Waals surface area contributed by atoms with Crippen molar-refractivity contribution < 1.29 is 4.79 Å². The van der Waals surface area contributed by atoms with Crippen LogP contribution in [0.2, 0.25) is 0 Å². The van der Waals surface area contributed by atoms with E-state index in [0.29, 0.717) is 13.1 Å². The molecule has 2 rings (SSSR count). The zero-order valence-electron chi connectivity index (χ0n) is 12.3. The molecule has 21 heavy (non-hydrogen) atoms. The van der Waals surface area contributed by atoms with Crippen molar-refractivity contribution in [1.82, 2.24) is 9.78 Å². The summed E-state index contributed by atoms with van der Waals surface area (Å²) in [4.78, 5) is 12.2. The van der Waals surface area contributed by atoms with Crippen LogP contribution in [0.1, 0.15) is 25.3 Å². The van der Waals surface area contributed by atoms with Crippen LogP contribution in [-0.2, 0) is 11.3 Å². The number of hydrogen-bond acceptors (Lipinski definition) is 3. The van der Waals surface area contributed by atoms with E-state index in [1.165, 1.54) is 0 Å². The first-order valence-electron chi connectivity index (χ1n) is 7.30. The topological polar surface area (TPSA) is 72.9 Å². The second kappa shape index (κ2) is 7.59. The van der Waals surface area contributed by atoms with Crippen LogP contribution >= 0.6 is 0 Å². The highest BCUT2D eigenvalue weighted by Crippen LogP contribution is 2.14. The minimum Gasteiger partial charge on any atom is -0.330 e. The summed E-state index contributed by atoms with van der Waals surface area (Å²) in [7, 11) is 0. The normalized spacial score (nSPS) is 12.1. The summed E-state index contributed by atoms with van der Waals surface area (Å²) in [5.74, 6) is -0.125. The Morgan fingerprint density at radius 3 is 2.95 bits per heavy atom. The third-order valence-corrected chi connectivity index (χ3v) is 3.39. The molecule has 2 aromatic rings. The molecule has 0 aliphatic rings. The lowest BCUT2D eigenvalue weighted by Crippen LogP contribution is -2.29. The molecule has 1 atom stereocenters. The number of hydrogen-bond donors (Lipinski definition) is 2. The van der Waals surface area contributed by atoms with E-state index in [4.69, 9.17) is 5.73 Å². The van der Waals surface area contributed by atoms with Gasteiger partial charge in [0.15, 0.2) is 0 Å². The zero-order chi connectivity index (χ0) is 15.1. The van der Waals surface area contributed by atoms with E-state index in [2.05, 4.69) is 17.3 Å². The summed E-state index contributed by atoms with van der Waals surface area (Å²) in [6.45, 7) is 3.12. The number of anilines is 1. The molecule has 5 heteroatoms. The summed E-state index contributed by atoms with van der Waals surface area (Å²) >= 11 is 0. The van der Waals surface area contributed by atoms with Gasteiger partial charge in [-0.2, -0.15) is 5.10 Å². The maximum Gasteiger partial charge on any atom is 0.228 e. The number of aromatic nitrogens is 2. The first-order chi connectivity index (χ1) is 10.2. The van der Waals surface area contributed by atoms with Gasteiger partial charge in [-0.15, -0.1) is 0 Å². The molecule has 0 bridgehead atoms. The summed E-state index contributed by atoms with van der Waals surface area (Å²) in [6, 6.07) is 9.71. The maximum atomic E-state index is 12.2. The Balaban J connectivity index is 2.02. The number of nitrogens with zero attached hydrogens (tertiary/aromatic N) is 2. The average Bonchev–Trinajstić information content (AvgIpc) is 2.98. The lowest BCUT2D eigenvalue weighted by Gasteiger charge is -2.14. The molecular formula is C16H22N4O. The number of carbonyl (C=O) groups is 1. The molecule has 112 valence electrons. The van der Waals surface area contributed by atoms with Gasteiger partial charge in [0, 0.05) is 24.6 Å². The van der Waals surface area contributed by atoms with Crippen LogP contribution in [0, 0.1) is 5.92 Å². The van der Waals surface area contributed by atoms with Crippen LogP contribution in [0.3, 0.4) is 0 Å². The third kappa shape index (κ3) is 4.43. The molecule has 1 heterocycles. The molecule has 0 aliphatic heterocycles. The summed E-state index contributed by atoms with van der Waals surface area (Å²) in [5.41, 5.74) is 7.56. The standard InChI is InChI=1S/C16H22N4O/c1-2-5-14(11-17)16(21)19-15-7-3-6-13(10-15)12-20-9-4-8-18-20/h3-4,6-10,14H,2,5,11-12,17H2,1H3,(H,19,21). The second-order valence-corrected chi connectivity index (χ2v) is 5.11. The number of amides is 1. The van der Waals surface area contributed by atoms with Gasteiger partial charge in [0.2, 0.25) is 5.91 Å². The number of nitrogens with two attached hydrogens (primary N) is 1. The third-order valence-electron chi connectivity index (χ3n) is 3.39. The molecule has 1 aromatic heterocycles. The van der Waals surface area contributed by atoms with Gasteiger partial charge in [-0.05, 0) is 30.2 Å². The SMILES string of the molecule is CCCC(CN)C(=O)Nc1cccc(Cn2cccn2)c1. The van der Waals surface area contributed by atoms with Gasteiger partial charge in [-0.3, -0.25) is 9.48 Å². The van der Waals surface area contributed by atoms with Gasteiger partial charge >= 0.3 is 0 Å². The van der Waals surface area contributed by atoms with E-state index in [0.717, 1.165) is 24.1 Å². The molecule has 1 aromatic carbocycles. The average molecular weight is 286 g/mol. The van der Waals surface area contributed by atoms with Crippen molar-refractivity contribution >= 4 is 11.6 Å². The smallest absolute Gasteiger partial charge is 0.228 e. The van der Waals surface area contributed by atoms with Crippen molar-refractivity contribution in [3.8, 4) is 0 Å². The van der Waals surface area contributed by atoms with Crippen molar-refractivity contribution in [2.45, 2.75) is 26.3 Å². The lowest BCUT2D eigenvalue weighted by molar-refractivity contribution is -0.119. The highest BCUT2D eigenvalue weighted by molar-refractivity contribution is 5.92.